The standard InChI is InChI=1S/C10H11NS/c1-8-2-4-9(5-3-8)10(12)11-6-7-11/h2-5H,6-7H2,1H3. The molecule has 0 aromatic heterocycles. The molecule has 0 amide bonds. The third-order valence-electron chi connectivity index (χ3n) is 2.03. The molecule has 0 saturated carbocycles. The summed E-state index contributed by atoms with van der Waals surface area (Å²) in [6.45, 7) is 4.35. The number of hydrogen-bond donors (Lipinski definition) is 0. The van der Waals surface area contributed by atoms with Crippen LogP contribution in [0.25, 0.3) is 0 Å². The van der Waals surface area contributed by atoms with Gasteiger partial charge in [-0.05, 0) is 6.92 Å². The van der Waals surface area contributed by atoms with Gasteiger partial charge in [0.25, 0.3) is 0 Å². The summed E-state index contributed by atoms with van der Waals surface area (Å²) < 4.78 is 0. The summed E-state index contributed by atoms with van der Waals surface area (Å²) >= 11 is 5.28. The number of nitrogens with zero attached hydrogens (tertiary/aromatic N) is 1. The van der Waals surface area contributed by atoms with Crippen LogP contribution in [-0.2, 0) is 0 Å². The Balaban J connectivity index is 2.22. The highest BCUT2D eigenvalue weighted by Crippen LogP contribution is 2.13. The van der Waals surface area contributed by atoms with Gasteiger partial charge in [-0.1, -0.05) is 42.0 Å². The van der Waals surface area contributed by atoms with Gasteiger partial charge < -0.3 is 4.90 Å². The van der Waals surface area contributed by atoms with E-state index >= 15 is 0 Å². The van der Waals surface area contributed by atoms with E-state index in [1.165, 1.54) is 11.1 Å². The zero-order valence-electron chi connectivity index (χ0n) is 7.08. The summed E-state index contributed by atoms with van der Waals surface area (Å²) in [4.78, 5) is 3.19. The summed E-state index contributed by atoms with van der Waals surface area (Å²) in [5.74, 6) is 0. The molecule has 2 rings (SSSR count). The van der Waals surface area contributed by atoms with Crippen molar-refractivity contribution >= 4 is 17.2 Å². The van der Waals surface area contributed by atoms with Crippen molar-refractivity contribution in [2.24, 2.45) is 0 Å². The Labute approximate surface area is 78.0 Å². The zero-order chi connectivity index (χ0) is 8.55. The third-order valence-corrected chi connectivity index (χ3v) is 2.53. The van der Waals surface area contributed by atoms with Gasteiger partial charge in [0, 0.05) is 18.7 Å². The molecule has 2 heteroatoms. The molecule has 1 heterocycles. The molecule has 1 aliphatic rings. The highest BCUT2D eigenvalue weighted by molar-refractivity contribution is 7.80. The van der Waals surface area contributed by atoms with Gasteiger partial charge >= 0.3 is 0 Å². The Hall–Kier alpha value is -0.890. The normalized spacial score (nSPS) is 14.6. The summed E-state index contributed by atoms with van der Waals surface area (Å²) in [5.41, 5.74) is 2.46. The van der Waals surface area contributed by atoms with Crippen LogP contribution in [0.4, 0.5) is 0 Å². The maximum Gasteiger partial charge on any atom is 0.109 e. The molecular weight excluding hydrogens is 166 g/mol. The zero-order valence-corrected chi connectivity index (χ0v) is 7.90. The fourth-order valence-electron chi connectivity index (χ4n) is 1.13. The summed E-state index contributed by atoms with van der Waals surface area (Å²) in [7, 11) is 0. The van der Waals surface area contributed by atoms with Gasteiger partial charge in [-0.2, -0.15) is 0 Å². The molecule has 0 bridgehead atoms. The highest BCUT2D eigenvalue weighted by Gasteiger charge is 2.21. The van der Waals surface area contributed by atoms with Crippen molar-refractivity contribution in [1.29, 1.82) is 0 Å². The van der Waals surface area contributed by atoms with E-state index < -0.39 is 0 Å². The predicted molar refractivity (Wildman–Crippen MR) is 54.5 cm³/mol. The maximum absolute atomic E-state index is 5.28. The van der Waals surface area contributed by atoms with E-state index in [2.05, 4.69) is 36.1 Å². The molecule has 0 atom stereocenters. The van der Waals surface area contributed by atoms with E-state index in [-0.39, 0.29) is 0 Å². The highest BCUT2D eigenvalue weighted by atomic mass is 32.1. The first-order valence-electron chi connectivity index (χ1n) is 4.13. The number of rotatable bonds is 1. The number of aryl methyl sites for hydroxylation is 1. The molecule has 1 nitrogen and oxygen atoms in total. The van der Waals surface area contributed by atoms with Crippen LogP contribution in [0.2, 0.25) is 0 Å². The van der Waals surface area contributed by atoms with Crippen molar-refractivity contribution in [2.45, 2.75) is 6.92 Å². The van der Waals surface area contributed by atoms with Crippen molar-refractivity contribution < 1.29 is 0 Å². The second-order valence-corrected chi connectivity index (χ2v) is 3.54. The van der Waals surface area contributed by atoms with Gasteiger partial charge in [-0.3, -0.25) is 0 Å². The molecule has 1 fully saturated rings. The lowest BCUT2D eigenvalue weighted by molar-refractivity contribution is 0.866. The van der Waals surface area contributed by atoms with E-state index in [0.717, 1.165) is 18.1 Å². The largest absolute Gasteiger partial charge is 0.359 e. The van der Waals surface area contributed by atoms with Gasteiger partial charge in [0.2, 0.25) is 0 Å². The number of benzene rings is 1. The molecule has 62 valence electrons. The Morgan fingerprint density at radius 3 is 2.33 bits per heavy atom. The lowest BCUT2D eigenvalue weighted by atomic mass is 10.1. The van der Waals surface area contributed by atoms with Crippen molar-refractivity contribution in [1.82, 2.24) is 4.90 Å². The lowest BCUT2D eigenvalue weighted by Gasteiger charge is -2.04. The van der Waals surface area contributed by atoms with E-state index in [0.29, 0.717) is 0 Å². The Kier molecular flexibility index (Phi) is 1.85. The molecular formula is C10H11NS. The fraction of sp³-hybridized carbons (Fsp3) is 0.300. The minimum absolute atomic E-state index is 0.995. The SMILES string of the molecule is Cc1ccc(C(=S)N2CC2)cc1. The average Bonchev–Trinajstić information content (AvgIpc) is 2.87. The first-order valence-corrected chi connectivity index (χ1v) is 4.54. The quantitative estimate of drug-likeness (QED) is 0.476. The average molecular weight is 177 g/mol. The second-order valence-electron chi connectivity index (χ2n) is 3.16. The summed E-state index contributed by atoms with van der Waals surface area (Å²) in [6.07, 6.45) is 0. The molecule has 1 saturated heterocycles. The molecule has 1 aromatic carbocycles. The molecule has 0 N–H and O–H groups in total. The van der Waals surface area contributed by atoms with Crippen molar-refractivity contribution in [3.63, 3.8) is 0 Å². The van der Waals surface area contributed by atoms with Crippen molar-refractivity contribution in [3.05, 3.63) is 35.4 Å². The van der Waals surface area contributed by atoms with E-state index in [4.69, 9.17) is 12.2 Å². The minimum Gasteiger partial charge on any atom is -0.359 e. The molecule has 1 aromatic rings. The van der Waals surface area contributed by atoms with Crippen LogP contribution in [0.5, 0.6) is 0 Å². The Morgan fingerprint density at radius 1 is 1.25 bits per heavy atom. The van der Waals surface area contributed by atoms with Crippen LogP contribution in [0.15, 0.2) is 24.3 Å². The van der Waals surface area contributed by atoms with Crippen LogP contribution >= 0.6 is 12.2 Å². The van der Waals surface area contributed by atoms with Gasteiger partial charge in [0.1, 0.15) is 4.99 Å². The smallest absolute Gasteiger partial charge is 0.109 e. The predicted octanol–water partition coefficient (Wildman–Crippen LogP) is 1.99. The molecule has 12 heavy (non-hydrogen) atoms. The summed E-state index contributed by atoms with van der Waals surface area (Å²) in [6, 6.07) is 8.39. The maximum atomic E-state index is 5.28. The monoisotopic (exact) mass is 177 g/mol. The van der Waals surface area contributed by atoms with Crippen molar-refractivity contribution in [2.75, 3.05) is 13.1 Å². The van der Waals surface area contributed by atoms with Crippen molar-refractivity contribution in [3.8, 4) is 0 Å². The van der Waals surface area contributed by atoms with E-state index in [9.17, 15) is 0 Å². The molecule has 0 aliphatic carbocycles. The molecule has 0 unspecified atom stereocenters. The third kappa shape index (κ3) is 1.48. The first-order chi connectivity index (χ1) is 5.77. The molecule has 1 aliphatic heterocycles. The van der Waals surface area contributed by atoms with Gasteiger partial charge in [0.15, 0.2) is 0 Å². The van der Waals surface area contributed by atoms with Gasteiger partial charge in [-0.25, -0.2) is 0 Å². The minimum atomic E-state index is 0.995. The first kappa shape index (κ1) is 7.74. The molecule has 0 spiro atoms. The van der Waals surface area contributed by atoms with E-state index in [1.807, 2.05) is 0 Å². The van der Waals surface area contributed by atoms with Crippen LogP contribution in [-0.4, -0.2) is 23.0 Å². The Morgan fingerprint density at radius 2 is 1.83 bits per heavy atom. The fourth-order valence-corrected chi connectivity index (χ4v) is 1.45. The summed E-state index contributed by atoms with van der Waals surface area (Å²) in [5, 5.41) is 0. The lowest BCUT2D eigenvalue weighted by Crippen LogP contribution is -2.08. The van der Waals surface area contributed by atoms with Crippen LogP contribution in [0, 0.1) is 6.92 Å². The Bertz CT molecular complexity index is 298. The van der Waals surface area contributed by atoms with Gasteiger partial charge in [0.05, 0.1) is 0 Å². The number of thiocarbonyl (C=S) groups is 1. The van der Waals surface area contributed by atoms with Crippen LogP contribution in [0.3, 0.4) is 0 Å². The van der Waals surface area contributed by atoms with Gasteiger partial charge in [-0.15, -0.1) is 0 Å². The second kappa shape index (κ2) is 2.87. The van der Waals surface area contributed by atoms with Crippen LogP contribution < -0.4 is 0 Å². The molecule has 0 radical (unpaired) electrons. The topological polar surface area (TPSA) is 3.01 Å². The number of hydrogen-bond acceptors (Lipinski definition) is 1. The van der Waals surface area contributed by atoms with Crippen LogP contribution in [0.1, 0.15) is 11.1 Å². The van der Waals surface area contributed by atoms with E-state index in [1.54, 1.807) is 0 Å².